The summed E-state index contributed by atoms with van der Waals surface area (Å²) in [5, 5.41) is 0.515. The van der Waals surface area contributed by atoms with Crippen LogP contribution in [0.5, 0.6) is 0 Å². The third kappa shape index (κ3) is 3.11. The second kappa shape index (κ2) is 6.85. The zero-order valence-electron chi connectivity index (χ0n) is 13.7. The Balaban J connectivity index is 1.83. The second-order valence-corrected chi connectivity index (χ2v) is 9.39. The predicted octanol–water partition coefficient (Wildman–Crippen LogP) is 4.70. The van der Waals surface area contributed by atoms with Crippen LogP contribution in [0, 0.1) is 0 Å². The summed E-state index contributed by atoms with van der Waals surface area (Å²) in [5.74, 6) is 0. The van der Waals surface area contributed by atoms with Crippen LogP contribution in [0.2, 0.25) is 5.02 Å². The number of hydrogen-bond donors (Lipinski definition) is 0. The van der Waals surface area contributed by atoms with Crippen LogP contribution in [0.25, 0.3) is 0 Å². The Kier molecular flexibility index (Phi) is 4.69. The molecular formula is C19H16BrClN2O2S. The summed E-state index contributed by atoms with van der Waals surface area (Å²) in [6.45, 7) is 1.04. The van der Waals surface area contributed by atoms with Crippen LogP contribution >= 0.6 is 27.5 Å². The molecule has 3 aromatic rings. The van der Waals surface area contributed by atoms with Gasteiger partial charge >= 0.3 is 0 Å². The molecule has 2 heterocycles. The van der Waals surface area contributed by atoms with Gasteiger partial charge in [-0.05, 0) is 54.1 Å². The van der Waals surface area contributed by atoms with E-state index < -0.39 is 10.0 Å². The van der Waals surface area contributed by atoms with Crippen molar-refractivity contribution in [3.05, 3.63) is 87.6 Å². The molecule has 0 aliphatic carbocycles. The summed E-state index contributed by atoms with van der Waals surface area (Å²) in [5.41, 5.74) is 1.90. The minimum atomic E-state index is -3.66. The molecule has 134 valence electrons. The number of hydrogen-bond acceptors (Lipinski definition) is 2. The van der Waals surface area contributed by atoms with Crippen molar-refractivity contribution >= 4 is 37.6 Å². The smallest absolute Gasteiger partial charge is 0.244 e. The Bertz CT molecular complexity index is 1030. The normalized spacial score (nSPS) is 17.8. The standard InChI is InChI=1S/C19H16BrClN2O2S/c20-15-5-3-14(4-6-15)19-18-2-1-11-22(18)12-13-23(19)26(24,25)17-9-7-16(21)8-10-17/h1-11,19H,12-13H2. The van der Waals surface area contributed by atoms with Crippen LogP contribution in [0.3, 0.4) is 0 Å². The quantitative estimate of drug-likeness (QED) is 0.579. The van der Waals surface area contributed by atoms with Gasteiger partial charge in [-0.2, -0.15) is 4.31 Å². The summed E-state index contributed by atoms with van der Waals surface area (Å²) >= 11 is 9.37. The number of sulfonamides is 1. The molecule has 4 nitrogen and oxygen atoms in total. The van der Waals surface area contributed by atoms with Crippen molar-refractivity contribution in [2.24, 2.45) is 0 Å². The van der Waals surface area contributed by atoms with Gasteiger partial charge in [0.05, 0.1) is 10.9 Å². The van der Waals surface area contributed by atoms with Gasteiger partial charge in [-0.15, -0.1) is 0 Å². The highest BCUT2D eigenvalue weighted by atomic mass is 79.9. The third-order valence-corrected chi connectivity index (χ3v) is 7.26. The van der Waals surface area contributed by atoms with Crippen molar-refractivity contribution in [2.75, 3.05) is 6.54 Å². The highest BCUT2D eigenvalue weighted by Crippen LogP contribution is 2.37. The van der Waals surface area contributed by atoms with Crippen LogP contribution < -0.4 is 0 Å². The first-order chi connectivity index (χ1) is 12.5. The van der Waals surface area contributed by atoms with Gasteiger partial charge in [0.2, 0.25) is 10.0 Å². The number of rotatable bonds is 3. The molecule has 0 fully saturated rings. The minimum absolute atomic E-state index is 0.254. The Morgan fingerprint density at radius 3 is 2.35 bits per heavy atom. The van der Waals surface area contributed by atoms with E-state index in [1.54, 1.807) is 28.6 Å². The zero-order valence-corrected chi connectivity index (χ0v) is 16.9. The van der Waals surface area contributed by atoms with Crippen LogP contribution in [-0.2, 0) is 16.6 Å². The molecule has 0 saturated carbocycles. The van der Waals surface area contributed by atoms with Gasteiger partial charge in [0.25, 0.3) is 0 Å². The molecule has 2 aromatic carbocycles. The summed E-state index contributed by atoms with van der Waals surface area (Å²) in [7, 11) is -3.66. The van der Waals surface area contributed by atoms with Crippen LogP contribution in [0.15, 0.2) is 76.2 Å². The Morgan fingerprint density at radius 1 is 0.962 bits per heavy atom. The molecule has 0 bridgehead atoms. The van der Waals surface area contributed by atoms with E-state index in [0.717, 1.165) is 15.7 Å². The fraction of sp³-hybridized carbons (Fsp3) is 0.158. The summed E-state index contributed by atoms with van der Waals surface area (Å²) in [6.07, 6.45) is 1.99. The number of fused-ring (bicyclic) bond motifs is 1. The zero-order chi connectivity index (χ0) is 18.3. The van der Waals surface area contributed by atoms with Crippen molar-refractivity contribution in [1.82, 2.24) is 8.87 Å². The lowest BCUT2D eigenvalue weighted by Gasteiger charge is -2.36. The topological polar surface area (TPSA) is 42.3 Å². The molecule has 0 spiro atoms. The molecular weight excluding hydrogens is 436 g/mol. The minimum Gasteiger partial charge on any atom is -0.348 e. The lowest BCUT2D eigenvalue weighted by Crippen LogP contribution is -2.42. The van der Waals surface area contributed by atoms with Gasteiger partial charge in [-0.25, -0.2) is 8.42 Å². The lowest BCUT2D eigenvalue weighted by atomic mass is 10.0. The third-order valence-electron chi connectivity index (χ3n) is 4.60. The van der Waals surface area contributed by atoms with Crippen molar-refractivity contribution in [3.63, 3.8) is 0 Å². The van der Waals surface area contributed by atoms with Crippen molar-refractivity contribution in [3.8, 4) is 0 Å². The molecule has 1 aromatic heterocycles. The Labute approximate surface area is 166 Å². The largest absolute Gasteiger partial charge is 0.348 e. The lowest BCUT2D eigenvalue weighted by molar-refractivity contribution is 0.298. The van der Waals surface area contributed by atoms with E-state index in [4.69, 9.17) is 11.6 Å². The van der Waals surface area contributed by atoms with Gasteiger partial charge < -0.3 is 4.57 Å². The summed E-state index contributed by atoms with van der Waals surface area (Å²) < 4.78 is 31.3. The molecule has 0 radical (unpaired) electrons. The number of nitrogens with zero attached hydrogens (tertiary/aromatic N) is 2. The maximum absolute atomic E-state index is 13.3. The van der Waals surface area contributed by atoms with E-state index in [9.17, 15) is 8.42 Å². The summed E-state index contributed by atoms with van der Waals surface area (Å²) in [4.78, 5) is 0.254. The van der Waals surface area contributed by atoms with E-state index in [2.05, 4.69) is 20.5 Å². The van der Waals surface area contributed by atoms with Gasteiger partial charge in [-0.1, -0.05) is 39.7 Å². The van der Waals surface area contributed by atoms with Gasteiger partial charge in [0, 0.05) is 34.5 Å². The highest BCUT2D eigenvalue weighted by Gasteiger charge is 2.37. The molecule has 0 saturated heterocycles. The van der Waals surface area contributed by atoms with E-state index in [1.807, 2.05) is 42.6 Å². The molecule has 1 unspecified atom stereocenters. The maximum Gasteiger partial charge on any atom is 0.244 e. The van der Waals surface area contributed by atoms with Crippen molar-refractivity contribution in [1.29, 1.82) is 0 Å². The molecule has 1 atom stereocenters. The van der Waals surface area contributed by atoms with Gasteiger partial charge in [0.15, 0.2) is 0 Å². The van der Waals surface area contributed by atoms with E-state index in [-0.39, 0.29) is 10.9 Å². The average molecular weight is 452 g/mol. The molecule has 0 amide bonds. The van der Waals surface area contributed by atoms with Crippen LogP contribution in [0.1, 0.15) is 17.3 Å². The van der Waals surface area contributed by atoms with Crippen LogP contribution in [-0.4, -0.2) is 23.8 Å². The fourth-order valence-corrected chi connectivity index (χ4v) is 5.32. The number of benzene rings is 2. The van der Waals surface area contributed by atoms with Crippen LogP contribution in [0.4, 0.5) is 0 Å². The molecule has 1 aliphatic heterocycles. The maximum atomic E-state index is 13.3. The first-order valence-corrected chi connectivity index (χ1v) is 10.8. The van der Waals surface area contributed by atoms with Gasteiger partial charge in [0.1, 0.15) is 0 Å². The molecule has 0 N–H and O–H groups in total. The first-order valence-electron chi connectivity index (χ1n) is 8.15. The SMILES string of the molecule is O=S(=O)(c1ccc(Cl)cc1)N1CCn2cccc2C1c1ccc(Br)cc1. The number of aromatic nitrogens is 1. The summed E-state index contributed by atoms with van der Waals surface area (Å²) in [6, 6.07) is 17.7. The average Bonchev–Trinajstić information content (AvgIpc) is 3.11. The van der Waals surface area contributed by atoms with E-state index in [0.29, 0.717) is 18.1 Å². The molecule has 26 heavy (non-hydrogen) atoms. The van der Waals surface area contributed by atoms with Crippen molar-refractivity contribution < 1.29 is 8.42 Å². The first kappa shape index (κ1) is 17.8. The number of halogens is 2. The monoisotopic (exact) mass is 450 g/mol. The molecule has 4 rings (SSSR count). The molecule has 7 heteroatoms. The predicted molar refractivity (Wildman–Crippen MR) is 106 cm³/mol. The highest BCUT2D eigenvalue weighted by molar-refractivity contribution is 9.10. The van der Waals surface area contributed by atoms with E-state index in [1.165, 1.54) is 0 Å². The van der Waals surface area contributed by atoms with E-state index >= 15 is 0 Å². The Morgan fingerprint density at radius 2 is 1.65 bits per heavy atom. The molecule has 1 aliphatic rings. The van der Waals surface area contributed by atoms with Gasteiger partial charge in [-0.3, -0.25) is 0 Å². The van der Waals surface area contributed by atoms with Crippen molar-refractivity contribution in [2.45, 2.75) is 17.5 Å². The fourth-order valence-electron chi connectivity index (χ4n) is 3.35. The second-order valence-electron chi connectivity index (χ2n) is 6.15. The Hall–Kier alpha value is -1.60.